The molecule has 1 aliphatic heterocycles. The summed E-state index contributed by atoms with van der Waals surface area (Å²) in [6.45, 7) is 1.65. The number of nitrogens with zero attached hydrogens (tertiary/aromatic N) is 2. The molecular weight excluding hydrogens is 305 g/mol. The summed E-state index contributed by atoms with van der Waals surface area (Å²) < 4.78 is 20.0. The molecule has 124 valence electrons. The van der Waals surface area contributed by atoms with Gasteiger partial charge in [0.05, 0.1) is 17.4 Å². The molecule has 1 aliphatic rings. The average molecular weight is 325 g/mol. The van der Waals surface area contributed by atoms with Gasteiger partial charge >= 0.3 is 0 Å². The zero-order chi connectivity index (χ0) is 16.5. The number of anilines is 1. The Morgan fingerprint density at radius 2 is 2.12 bits per heavy atom. The quantitative estimate of drug-likeness (QED) is 0.741. The van der Waals surface area contributed by atoms with Gasteiger partial charge in [-0.3, -0.25) is 0 Å². The second kappa shape index (κ2) is 6.24. The van der Waals surface area contributed by atoms with Gasteiger partial charge in [0.15, 0.2) is 0 Å². The van der Waals surface area contributed by atoms with Gasteiger partial charge in [0.1, 0.15) is 5.82 Å². The van der Waals surface area contributed by atoms with E-state index in [1.807, 2.05) is 36.4 Å². The summed E-state index contributed by atoms with van der Waals surface area (Å²) in [5.41, 5.74) is 2.24. The molecule has 0 unspecified atom stereocenters. The lowest BCUT2D eigenvalue weighted by molar-refractivity contribution is 0.0891. The Kier molecular flexibility index (Phi) is 3.94. The molecule has 4 nitrogen and oxygen atoms in total. The van der Waals surface area contributed by atoms with E-state index in [9.17, 15) is 4.39 Å². The summed E-state index contributed by atoms with van der Waals surface area (Å²) in [5, 5.41) is 1.06. The average Bonchev–Trinajstić information content (AvgIpc) is 3.05. The molecule has 0 bridgehead atoms. The van der Waals surface area contributed by atoms with E-state index >= 15 is 0 Å². The second-order valence-corrected chi connectivity index (χ2v) is 6.22. The van der Waals surface area contributed by atoms with E-state index in [0.29, 0.717) is 11.4 Å². The fraction of sp³-hybridized carbons (Fsp3) is 0.316. The molecule has 5 heteroatoms. The van der Waals surface area contributed by atoms with Crippen LogP contribution in [0.5, 0.6) is 0 Å². The molecule has 2 aromatic heterocycles. The van der Waals surface area contributed by atoms with Gasteiger partial charge in [-0.05, 0) is 37.1 Å². The molecule has 0 spiro atoms. The van der Waals surface area contributed by atoms with Crippen LogP contribution in [-0.2, 0) is 4.74 Å². The minimum atomic E-state index is -0.446. The van der Waals surface area contributed by atoms with Crippen LogP contribution < -0.4 is 4.90 Å². The molecule has 0 amide bonds. The molecule has 0 aliphatic carbocycles. The van der Waals surface area contributed by atoms with Crippen LogP contribution in [-0.4, -0.2) is 36.3 Å². The summed E-state index contributed by atoms with van der Waals surface area (Å²) >= 11 is 0. The van der Waals surface area contributed by atoms with Crippen molar-refractivity contribution < 1.29 is 9.13 Å². The molecule has 3 heterocycles. The van der Waals surface area contributed by atoms with E-state index in [0.717, 1.165) is 42.5 Å². The topological polar surface area (TPSA) is 41.1 Å². The summed E-state index contributed by atoms with van der Waals surface area (Å²) in [6.07, 6.45) is 2.27. The lowest BCUT2D eigenvalue weighted by Crippen LogP contribution is -2.39. The zero-order valence-electron chi connectivity index (χ0n) is 13.6. The highest BCUT2D eigenvalue weighted by atomic mass is 19.1. The molecule has 1 saturated heterocycles. The second-order valence-electron chi connectivity index (χ2n) is 6.22. The standard InChI is InChI=1S/C19H20FN3O/c1-24-14-6-4-10-23(12-14)18-9-8-15(19(20)22-18)17-11-13-5-2-3-7-16(13)21-17/h2-3,5,7-9,11,14,21H,4,6,10,12H2,1H3/t14-/m0/s1. The largest absolute Gasteiger partial charge is 0.380 e. The number of rotatable bonds is 3. The van der Waals surface area contributed by atoms with Crippen molar-refractivity contribution in [2.75, 3.05) is 25.1 Å². The van der Waals surface area contributed by atoms with Crippen molar-refractivity contribution in [3.05, 3.63) is 48.4 Å². The third kappa shape index (κ3) is 2.76. The van der Waals surface area contributed by atoms with Crippen molar-refractivity contribution in [1.82, 2.24) is 9.97 Å². The molecule has 4 rings (SSSR count). The molecular formula is C19H20FN3O. The summed E-state index contributed by atoms with van der Waals surface area (Å²) in [7, 11) is 1.72. The monoisotopic (exact) mass is 325 g/mol. The molecule has 0 radical (unpaired) electrons. The third-order valence-electron chi connectivity index (χ3n) is 4.69. The Morgan fingerprint density at radius 3 is 2.92 bits per heavy atom. The van der Waals surface area contributed by atoms with Crippen molar-refractivity contribution in [1.29, 1.82) is 0 Å². The summed E-state index contributed by atoms with van der Waals surface area (Å²) in [4.78, 5) is 9.54. The highest BCUT2D eigenvalue weighted by Crippen LogP contribution is 2.28. The van der Waals surface area contributed by atoms with E-state index in [2.05, 4.69) is 14.9 Å². The van der Waals surface area contributed by atoms with Crippen molar-refractivity contribution in [3.63, 3.8) is 0 Å². The minimum absolute atomic E-state index is 0.192. The van der Waals surface area contributed by atoms with Crippen LogP contribution in [0, 0.1) is 5.95 Å². The molecule has 1 aromatic carbocycles. The van der Waals surface area contributed by atoms with Gasteiger partial charge in [-0.2, -0.15) is 4.39 Å². The maximum atomic E-state index is 14.6. The van der Waals surface area contributed by atoms with Gasteiger partial charge in [-0.25, -0.2) is 4.98 Å². The fourth-order valence-electron chi connectivity index (χ4n) is 3.36. The van der Waals surface area contributed by atoms with Crippen molar-refractivity contribution in [3.8, 4) is 11.3 Å². The number of H-pyrrole nitrogens is 1. The first-order chi connectivity index (χ1) is 11.7. The van der Waals surface area contributed by atoms with Crippen molar-refractivity contribution in [2.45, 2.75) is 18.9 Å². The van der Waals surface area contributed by atoms with E-state index in [4.69, 9.17) is 4.74 Å². The van der Waals surface area contributed by atoms with Gasteiger partial charge in [0, 0.05) is 31.1 Å². The first-order valence-corrected chi connectivity index (χ1v) is 8.27. The number of benzene rings is 1. The Bertz CT molecular complexity index is 828. The predicted molar refractivity (Wildman–Crippen MR) is 93.7 cm³/mol. The van der Waals surface area contributed by atoms with Gasteiger partial charge in [0.2, 0.25) is 5.95 Å². The summed E-state index contributed by atoms with van der Waals surface area (Å²) in [6, 6.07) is 13.6. The van der Waals surface area contributed by atoms with Crippen LogP contribution >= 0.6 is 0 Å². The first-order valence-electron chi connectivity index (χ1n) is 8.27. The number of para-hydroxylation sites is 1. The number of hydrogen-bond donors (Lipinski definition) is 1. The number of hydrogen-bond acceptors (Lipinski definition) is 3. The Balaban J connectivity index is 1.64. The van der Waals surface area contributed by atoms with E-state index in [-0.39, 0.29) is 6.10 Å². The SMILES string of the molecule is CO[C@H]1CCCN(c2ccc(-c3cc4ccccc4[nH]3)c(F)n2)C1. The zero-order valence-corrected chi connectivity index (χ0v) is 13.6. The highest BCUT2D eigenvalue weighted by molar-refractivity contribution is 5.85. The van der Waals surface area contributed by atoms with Gasteiger partial charge < -0.3 is 14.6 Å². The smallest absolute Gasteiger partial charge is 0.224 e. The molecule has 24 heavy (non-hydrogen) atoms. The van der Waals surface area contributed by atoms with Gasteiger partial charge in [-0.1, -0.05) is 18.2 Å². The summed E-state index contributed by atoms with van der Waals surface area (Å²) in [5.74, 6) is 0.229. The normalized spacial score (nSPS) is 18.2. The number of pyridine rings is 1. The van der Waals surface area contributed by atoms with Crippen molar-refractivity contribution >= 4 is 16.7 Å². The number of aromatic nitrogens is 2. The van der Waals surface area contributed by atoms with Crippen LogP contribution in [0.1, 0.15) is 12.8 Å². The number of ether oxygens (including phenoxy) is 1. The molecule has 1 fully saturated rings. The highest BCUT2D eigenvalue weighted by Gasteiger charge is 2.21. The molecule has 1 N–H and O–H groups in total. The number of methoxy groups -OCH3 is 1. The lowest BCUT2D eigenvalue weighted by Gasteiger charge is -2.32. The fourth-order valence-corrected chi connectivity index (χ4v) is 3.36. The lowest BCUT2D eigenvalue weighted by atomic mass is 10.1. The molecule has 0 saturated carbocycles. The minimum Gasteiger partial charge on any atom is -0.380 e. The van der Waals surface area contributed by atoms with Crippen molar-refractivity contribution in [2.24, 2.45) is 0 Å². The van der Waals surface area contributed by atoms with Gasteiger partial charge in [0.25, 0.3) is 0 Å². The molecule has 1 atom stereocenters. The van der Waals surface area contributed by atoms with Crippen LogP contribution in [0.15, 0.2) is 42.5 Å². The maximum Gasteiger partial charge on any atom is 0.224 e. The van der Waals surface area contributed by atoms with E-state index < -0.39 is 5.95 Å². The number of fused-ring (bicyclic) bond motifs is 1. The van der Waals surface area contributed by atoms with Crippen LogP contribution in [0.3, 0.4) is 0 Å². The van der Waals surface area contributed by atoms with Crippen LogP contribution in [0.2, 0.25) is 0 Å². The van der Waals surface area contributed by atoms with Crippen LogP contribution in [0.25, 0.3) is 22.2 Å². The van der Waals surface area contributed by atoms with E-state index in [1.54, 1.807) is 13.2 Å². The number of nitrogens with one attached hydrogen (secondary N) is 1. The Labute approximate surface area is 140 Å². The number of aromatic amines is 1. The Morgan fingerprint density at radius 1 is 1.25 bits per heavy atom. The first kappa shape index (κ1) is 15.1. The number of halogens is 1. The third-order valence-corrected chi connectivity index (χ3v) is 4.69. The maximum absolute atomic E-state index is 14.6. The number of piperidine rings is 1. The van der Waals surface area contributed by atoms with E-state index in [1.165, 1.54) is 0 Å². The molecule has 3 aromatic rings. The van der Waals surface area contributed by atoms with Crippen LogP contribution in [0.4, 0.5) is 10.2 Å². The predicted octanol–water partition coefficient (Wildman–Crippen LogP) is 3.98. The van der Waals surface area contributed by atoms with Gasteiger partial charge in [-0.15, -0.1) is 0 Å². The Hall–Kier alpha value is -2.40.